The van der Waals surface area contributed by atoms with Crippen molar-refractivity contribution in [2.45, 2.75) is 5.88 Å². The van der Waals surface area contributed by atoms with E-state index in [1.54, 1.807) is 12.4 Å². The van der Waals surface area contributed by atoms with Crippen LogP contribution in [0.15, 0.2) is 23.1 Å². The van der Waals surface area contributed by atoms with Gasteiger partial charge in [0.25, 0.3) is 5.89 Å². The molecule has 0 aliphatic rings. The molecule has 0 spiro atoms. The van der Waals surface area contributed by atoms with Crippen molar-refractivity contribution in [3.05, 3.63) is 24.6 Å². The molecule has 0 unspecified atom stereocenters. The van der Waals surface area contributed by atoms with E-state index in [9.17, 15) is 0 Å². The number of alkyl halides is 1. The van der Waals surface area contributed by atoms with Gasteiger partial charge in [0.15, 0.2) is 0 Å². The van der Waals surface area contributed by atoms with Gasteiger partial charge in [0, 0.05) is 12.4 Å². The predicted molar refractivity (Wildman–Crippen MR) is 44.9 cm³/mol. The zero-order valence-electron chi connectivity index (χ0n) is 6.51. The van der Waals surface area contributed by atoms with E-state index in [0.29, 0.717) is 17.3 Å². The van der Waals surface area contributed by atoms with Gasteiger partial charge in [-0.25, -0.2) is 9.97 Å². The molecule has 0 radical (unpaired) electrons. The molecule has 2 heterocycles. The van der Waals surface area contributed by atoms with Crippen LogP contribution in [-0.2, 0) is 5.88 Å². The van der Waals surface area contributed by atoms with Crippen LogP contribution in [0, 0.1) is 0 Å². The molecule has 0 aromatic carbocycles. The lowest BCUT2D eigenvalue weighted by molar-refractivity contribution is 0.527. The Kier molecular flexibility index (Phi) is 2.18. The molecule has 0 N–H and O–H groups in total. The lowest BCUT2D eigenvalue weighted by Crippen LogP contribution is -1.81. The first-order chi connectivity index (χ1) is 6.40. The number of aromatic nitrogens is 4. The minimum atomic E-state index is 0.209. The van der Waals surface area contributed by atoms with Crippen LogP contribution in [0.2, 0.25) is 0 Å². The van der Waals surface area contributed by atoms with Crippen molar-refractivity contribution in [2.24, 2.45) is 0 Å². The van der Waals surface area contributed by atoms with Crippen molar-refractivity contribution in [1.29, 1.82) is 0 Å². The molecule has 0 fully saturated rings. The van der Waals surface area contributed by atoms with Crippen LogP contribution in [0.1, 0.15) is 5.89 Å². The number of halogens is 1. The van der Waals surface area contributed by atoms with Crippen molar-refractivity contribution in [1.82, 2.24) is 20.2 Å². The summed E-state index contributed by atoms with van der Waals surface area (Å²) in [7, 11) is 0. The zero-order valence-corrected chi connectivity index (χ0v) is 7.27. The van der Waals surface area contributed by atoms with Gasteiger partial charge in [-0.05, 0) is 0 Å². The fraction of sp³-hybridized carbons (Fsp3) is 0.143. The Morgan fingerprint density at radius 3 is 2.62 bits per heavy atom. The molecule has 6 heteroatoms. The number of hydrogen-bond donors (Lipinski definition) is 0. The van der Waals surface area contributed by atoms with Gasteiger partial charge in [-0.1, -0.05) is 0 Å². The van der Waals surface area contributed by atoms with Crippen molar-refractivity contribution in [3.63, 3.8) is 0 Å². The first-order valence-corrected chi connectivity index (χ1v) is 4.07. The van der Waals surface area contributed by atoms with Gasteiger partial charge >= 0.3 is 0 Å². The summed E-state index contributed by atoms with van der Waals surface area (Å²) in [6, 6.07) is 0. The van der Waals surface area contributed by atoms with E-state index in [2.05, 4.69) is 20.2 Å². The SMILES string of the molecule is ClCc1nnc(-c2cncnc2)o1. The van der Waals surface area contributed by atoms with Crippen LogP contribution in [-0.4, -0.2) is 20.2 Å². The Morgan fingerprint density at radius 2 is 2.00 bits per heavy atom. The molecule has 13 heavy (non-hydrogen) atoms. The van der Waals surface area contributed by atoms with Crippen LogP contribution in [0.25, 0.3) is 11.5 Å². The lowest BCUT2D eigenvalue weighted by atomic mass is 10.3. The minimum absolute atomic E-state index is 0.209. The molecule has 0 saturated heterocycles. The van der Waals surface area contributed by atoms with Gasteiger partial charge in [-0.15, -0.1) is 21.8 Å². The number of rotatable bonds is 2. The lowest BCUT2D eigenvalue weighted by Gasteiger charge is -1.89. The van der Waals surface area contributed by atoms with Crippen molar-refractivity contribution < 1.29 is 4.42 Å². The Hall–Kier alpha value is -1.49. The molecule has 0 amide bonds. The highest BCUT2D eigenvalue weighted by Crippen LogP contribution is 2.15. The van der Waals surface area contributed by atoms with Crippen molar-refractivity contribution in [2.75, 3.05) is 0 Å². The van der Waals surface area contributed by atoms with Gasteiger partial charge in [0.1, 0.15) is 12.2 Å². The van der Waals surface area contributed by atoms with E-state index in [-0.39, 0.29) is 5.88 Å². The van der Waals surface area contributed by atoms with E-state index in [4.69, 9.17) is 16.0 Å². The number of nitrogens with zero attached hydrogens (tertiary/aromatic N) is 4. The molecule has 0 atom stereocenters. The Balaban J connectivity index is 2.36. The maximum atomic E-state index is 5.50. The fourth-order valence-electron chi connectivity index (χ4n) is 0.834. The third kappa shape index (κ3) is 1.65. The molecular formula is C7H5ClN4O. The molecule has 0 saturated carbocycles. The van der Waals surface area contributed by atoms with Crippen LogP contribution < -0.4 is 0 Å². The minimum Gasteiger partial charge on any atom is -0.419 e. The third-order valence-electron chi connectivity index (χ3n) is 1.39. The largest absolute Gasteiger partial charge is 0.419 e. The maximum absolute atomic E-state index is 5.50. The van der Waals surface area contributed by atoms with Crippen LogP contribution in [0.5, 0.6) is 0 Å². The first kappa shape index (κ1) is 8.12. The second-order valence-corrected chi connectivity index (χ2v) is 2.53. The molecular weight excluding hydrogens is 192 g/mol. The molecule has 0 aliphatic carbocycles. The van der Waals surface area contributed by atoms with Gasteiger partial charge in [-0.2, -0.15) is 0 Å². The molecule has 0 bridgehead atoms. The summed E-state index contributed by atoms with van der Waals surface area (Å²) in [5.41, 5.74) is 0.686. The van der Waals surface area contributed by atoms with E-state index in [1.165, 1.54) is 6.33 Å². The Labute approximate surface area is 78.8 Å². The normalized spacial score (nSPS) is 10.2. The molecule has 66 valence electrons. The summed E-state index contributed by atoms with van der Waals surface area (Å²) in [6.07, 6.45) is 4.62. The highest BCUT2D eigenvalue weighted by atomic mass is 35.5. The second-order valence-electron chi connectivity index (χ2n) is 2.26. The van der Waals surface area contributed by atoms with Crippen molar-refractivity contribution >= 4 is 11.6 Å². The fourth-order valence-corrected chi connectivity index (χ4v) is 0.942. The first-order valence-electron chi connectivity index (χ1n) is 3.54. The van der Waals surface area contributed by atoms with E-state index in [1.807, 2.05) is 0 Å². The number of hydrogen-bond acceptors (Lipinski definition) is 5. The molecule has 2 rings (SSSR count). The summed E-state index contributed by atoms with van der Waals surface area (Å²) in [5.74, 6) is 0.984. The Morgan fingerprint density at radius 1 is 1.23 bits per heavy atom. The third-order valence-corrected chi connectivity index (χ3v) is 1.62. The average molecular weight is 197 g/mol. The van der Waals surface area contributed by atoms with E-state index >= 15 is 0 Å². The summed E-state index contributed by atoms with van der Waals surface area (Å²) in [6.45, 7) is 0. The smallest absolute Gasteiger partial charge is 0.250 e. The molecule has 2 aromatic rings. The quantitative estimate of drug-likeness (QED) is 0.677. The van der Waals surface area contributed by atoms with Crippen LogP contribution >= 0.6 is 11.6 Å². The standard InChI is InChI=1S/C7H5ClN4O/c8-1-6-11-12-7(13-6)5-2-9-4-10-3-5/h2-4H,1H2. The van der Waals surface area contributed by atoms with Gasteiger partial charge in [-0.3, -0.25) is 0 Å². The summed E-state index contributed by atoms with van der Waals surface area (Å²) in [5, 5.41) is 7.48. The highest BCUT2D eigenvalue weighted by molar-refractivity contribution is 6.16. The van der Waals surface area contributed by atoms with Gasteiger partial charge < -0.3 is 4.42 Å². The molecule has 5 nitrogen and oxygen atoms in total. The maximum Gasteiger partial charge on any atom is 0.250 e. The summed E-state index contributed by atoms with van der Waals surface area (Å²) < 4.78 is 5.18. The monoisotopic (exact) mass is 196 g/mol. The second kappa shape index (κ2) is 3.49. The predicted octanol–water partition coefficient (Wildman–Crippen LogP) is 1.27. The van der Waals surface area contributed by atoms with Gasteiger partial charge in [0.05, 0.1) is 5.56 Å². The van der Waals surface area contributed by atoms with Crippen LogP contribution in [0.3, 0.4) is 0 Å². The Bertz CT molecular complexity index is 388. The summed E-state index contributed by atoms with van der Waals surface area (Å²) >= 11 is 5.50. The molecule has 0 aliphatic heterocycles. The highest BCUT2D eigenvalue weighted by Gasteiger charge is 2.06. The van der Waals surface area contributed by atoms with E-state index in [0.717, 1.165) is 0 Å². The van der Waals surface area contributed by atoms with Crippen molar-refractivity contribution in [3.8, 4) is 11.5 Å². The molecule has 2 aromatic heterocycles. The van der Waals surface area contributed by atoms with Gasteiger partial charge in [0.2, 0.25) is 5.89 Å². The average Bonchev–Trinajstić information content (AvgIpc) is 2.67. The van der Waals surface area contributed by atoms with E-state index < -0.39 is 0 Å². The van der Waals surface area contributed by atoms with Crippen LogP contribution in [0.4, 0.5) is 0 Å². The topological polar surface area (TPSA) is 64.7 Å². The summed E-state index contributed by atoms with van der Waals surface area (Å²) in [4.78, 5) is 7.65. The zero-order chi connectivity index (χ0) is 9.10.